The van der Waals surface area contributed by atoms with Crippen molar-refractivity contribution in [2.75, 3.05) is 13.7 Å². The van der Waals surface area contributed by atoms with Gasteiger partial charge in [0.2, 0.25) is 0 Å². The minimum Gasteiger partial charge on any atom is -0.399 e. The Morgan fingerprint density at radius 3 is 2.47 bits per heavy atom. The van der Waals surface area contributed by atoms with Crippen LogP contribution in [0.2, 0.25) is 0 Å². The van der Waals surface area contributed by atoms with E-state index in [4.69, 9.17) is 4.84 Å². The summed E-state index contributed by atoms with van der Waals surface area (Å²) in [5.41, 5.74) is 1.90. The molecule has 3 aliphatic rings. The third-order valence-corrected chi connectivity index (χ3v) is 9.89. The summed E-state index contributed by atoms with van der Waals surface area (Å²) in [6, 6.07) is 0. The van der Waals surface area contributed by atoms with Crippen molar-refractivity contribution in [1.82, 2.24) is 0 Å². The van der Waals surface area contributed by atoms with Gasteiger partial charge in [0, 0.05) is 12.0 Å². The molecule has 1 N–H and O–H groups in total. The highest BCUT2D eigenvalue weighted by Gasteiger charge is 2.59. The van der Waals surface area contributed by atoms with Crippen molar-refractivity contribution in [3.8, 4) is 0 Å². The average molecular weight is 420 g/mol. The highest BCUT2D eigenvalue weighted by molar-refractivity contribution is 5.90. The van der Waals surface area contributed by atoms with Crippen molar-refractivity contribution in [2.24, 2.45) is 51.5 Å². The molecule has 0 saturated heterocycles. The van der Waals surface area contributed by atoms with Crippen molar-refractivity contribution >= 4 is 5.71 Å². The van der Waals surface area contributed by atoms with E-state index in [-0.39, 0.29) is 12.0 Å². The summed E-state index contributed by atoms with van der Waals surface area (Å²) < 4.78 is 0. The van der Waals surface area contributed by atoms with E-state index in [0.717, 1.165) is 48.9 Å². The van der Waals surface area contributed by atoms with Gasteiger partial charge >= 0.3 is 0 Å². The van der Waals surface area contributed by atoms with E-state index in [2.05, 4.69) is 39.8 Å². The van der Waals surface area contributed by atoms with Gasteiger partial charge in [-0.1, -0.05) is 59.0 Å². The molecule has 0 aliphatic heterocycles. The maximum atomic E-state index is 9.54. The molecule has 3 fully saturated rings. The minimum atomic E-state index is 0.101. The van der Waals surface area contributed by atoms with Crippen molar-refractivity contribution in [2.45, 2.75) is 105 Å². The van der Waals surface area contributed by atoms with Crippen LogP contribution in [-0.2, 0) is 4.84 Å². The highest BCUT2D eigenvalue weighted by Crippen LogP contribution is 2.66. The van der Waals surface area contributed by atoms with Crippen LogP contribution in [-0.4, -0.2) is 24.5 Å². The monoisotopic (exact) mass is 419 g/mol. The predicted octanol–water partition coefficient (Wildman–Crippen LogP) is 7.08. The lowest BCUT2D eigenvalue weighted by atomic mass is 9.47. The third kappa shape index (κ3) is 4.48. The molecule has 0 radical (unpaired) electrons. The van der Waals surface area contributed by atoms with E-state index >= 15 is 0 Å². The minimum absolute atomic E-state index is 0.101. The molecule has 3 saturated carbocycles. The molecule has 0 aromatic heterocycles. The number of nitrogens with zero attached hydrogens (tertiary/aromatic N) is 1. The van der Waals surface area contributed by atoms with Crippen LogP contribution in [0.1, 0.15) is 105 Å². The second kappa shape index (κ2) is 9.92. The number of aliphatic hydroxyl groups excluding tert-OH is 1. The lowest BCUT2D eigenvalue weighted by molar-refractivity contribution is -0.0461. The Balaban J connectivity index is 1.76. The quantitative estimate of drug-likeness (QED) is 0.406. The van der Waals surface area contributed by atoms with Crippen LogP contribution in [0.25, 0.3) is 0 Å². The fourth-order valence-corrected chi connectivity index (χ4v) is 8.34. The van der Waals surface area contributed by atoms with Crippen molar-refractivity contribution in [3.05, 3.63) is 0 Å². The molecule has 0 bridgehead atoms. The van der Waals surface area contributed by atoms with Crippen LogP contribution in [0.5, 0.6) is 0 Å². The Bertz CT molecular complexity index is 587. The molecule has 3 nitrogen and oxygen atoms in total. The van der Waals surface area contributed by atoms with Crippen molar-refractivity contribution in [3.63, 3.8) is 0 Å². The summed E-state index contributed by atoms with van der Waals surface area (Å²) in [6.07, 6.45) is 14.1. The summed E-state index contributed by atoms with van der Waals surface area (Å²) >= 11 is 0. The third-order valence-electron chi connectivity index (χ3n) is 9.89. The first-order chi connectivity index (χ1) is 14.3. The van der Waals surface area contributed by atoms with E-state index in [0.29, 0.717) is 11.3 Å². The van der Waals surface area contributed by atoms with Gasteiger partial charge in [-0.3, -0.25) is 0 Å². The number of hydrogen-bond acceptors (Lipinski definition) is 3. The van der Waals surface area contributed by atoms with Gasteiger partial charge in [0.25, 0.3) is 0 Å². The molecule has 7 atom stereocenters. The van der Waals surface area contributed by atoms with Crippen molar-refractivity contribution < 1.29 is 9.94 Å². The Labute approximate surface area is 186 Å². The summed E-state index contributed by atoms with van der Waals surface area (Å²) in [7, 11) is 1.69. The Morgan fingerprint density at radius 1 is 1.03 bits per heavy atom. The molecule has 0 heterocycles. The zero-order valence-electron chi connectivity index (χ0n) is 20.8. The first kappa shape index (κ1) is 24.1. The van der Waals surface area contributed by atoms with Crippen LogP contribution in [0.4, 0.5) is 0 Å². The van der Waals surface area contributed by atoms with E-state index in [1.807, 2.05) is 0 Å². The summed E-state index contributed by atoms with van der Waals surface area (Å²) in [4.78, 5) is 5.27. The molecule has 0 spiro atoms. The number of rotatable bonds is 9. The molecule has 0 unspecified atom stereocenters. The number of oxime groups is 1. The smallest absolute Gasteiger partial charge is 0.106 e. The zero-order chi connectivity index (χ0) is 21.9. The fraction of sp³-hybridized carbons (Fsp3) is 0.963. The average Bonchev–Trinajstić information content (AvgIpc) is 3.06. The van der Waals surface area contributed by atoms with Gasteiger partial charge in [0.15, 0.2) is 0 Å². The van der Waals surface area contributed by atoms with Gasteiger partial charge < -0.3 is 9.94 Å². The molecule has 3 rings (SSSR count). The predicted molar refractivity (Wildman–Crippen MR) is 126 cm³/mol. The second-order valence-electron chi connectivity index (χ2n) is 11.9. The summed E-state index contributed by atoms with van der Waals surface area (Å²) in [5.74, 6) is 5.03. The van der Waals surface area contributed by atoms with E-state index in [1.165, 1.54) is 57.1 Å². The number of hydrogen-bond donors (Lipinski definition) is 1. The van der Waals surface area contributed by atoms with Gasteiger partial charge in [-0.25, -0.2) is 0 Å². The van der Waals surface area contributed by atoms with Gasteiger partial charge in [-0.15, -0.1) is 0 Å². The van der Waals surface area contributed by atoms with Gasteiger partial charge in [0.05, 0.1) is 5.71 Å². The van der Waals surface area contributed by atoms with Crippen LogP contribution >= 0.6 is 0 Å². The first-order valence-electron chi connectivity index (χ1n) is 13.0. The van der Waals surface area contributed by atoms with Gasteiger partial charge in [-0.2, -0.15) is 0 Å². The van der Waals surface area contributed by atoms with Crippen molar-refractivity contribution in [1.29, 1.82) is 0 Å². The van der Waals surface area contributed by atoms with Gasteiger partial charge in [0.1, 0.15) is 7.11 Å². The molecule has 0 aromatic carbocycles. The molecule has 174 valence electrons. The van der Waals surface area contributed by atoms with Gasteiger partial charge in [-0.05, 0) is 92.3 Å². The molecular formula is C27H49NO2. The van der Waals surface area contributed by atoms with E-state index in [1.54, 1.807) is 7.11 Å². The maximum absolute atomic E-state index is 9.54. The standard InChI is InChI=1S/C27H49NO2/c1-19(2)9-7-10-20(3)22-12-13-23-21-11-14-25(28-30-6)27(5,16-8-18-29)24(21)15-17-26(22,23)4/h19-24,29H,7-18H2,1-6H3/b28-25+/t20-,21+,22-,23+,24+,26-,27-/m1/s1. The molecular weight excluding hydrogens is 370 g/mol. The van der Waals surface area contributed by atoms with Crippen LogP contribution in [0.15, 0.2) is 5.16 Å². The molecule has 3 heteroatoms. The largest absolute Gasteiger partial charge is 0.399 e. The SMILES string of the molecule is CO/N=C1\CC[C@H]2[C@@H]3CC[C@H]([C@H](C)CCCC(C)C)[C@@]3(C)CC[C@@H]2[C@@]1(C)CCCO. The first-order valence-corrected chi connectivity index (χ1v) is 13.0. The maximum Gasteiger partial charge on any atom is 0.106 e. The van der Waals surface area contributed by atoms with Crippen LogP contribution in [0.3, 0.4) is 0 Å². The summed E-state index contributed by atoms with van der Waals surface area (Å²) in [5, 5.41) is 14.1. The zero-order valence-corrected chi connectivity index (χ0v) is 20.8. The number of aliphatic hydroxyl groups is 1. The molecule has 30 heavy (non-hydrogen) atoms. The van der Waals surface area contributed by atoms with E-state index < -0.39 is 0 Å². The van der Waals surface area contributed by atoms with Crippen LogP contribution < -0.4 is 0 Å². The lowest BCUT2D eigenvalue weighted by Gasteiger charge is -2.57. The number of fused-ring (bicyclic) bond motifs is 3. The lowest BCUT2D eigenvalue weighted by Crippen LogP contribution is -2.52. The highest BCUT2D eigenvalue weighted by atomic mass is 16.6. The molecule has 0 aromatic rings. The Kier molecular flexibility index (Phi) is 7.96. The Hall–Kier alpha value is -0.570. The summed E-state index contributed by atoms with van der Waals surface area (Å²) in [6.45, 7) is 12.6. The second-order valence-corrected chi connectivity index (χ2v) is 11.9. The van der Waals surface area contributed by atoms with E-state index in [9.17, 15) is 5.11 Å². The molecule has 3 aliphatic carbocycles. The Morgan fingerprint density at radius 2 is 1.80 bits per heavy atom. The topological polar surface area (TPSA) is 41.8 Å². The fourth-order valence-electron chi connectivity index (χ4n) is 8.34. The normalized spacial score (nSPS) is 41.0. The molecule has 0 amide bonds. The van der Waals surface area contributed by atoms with Crippen LogP contribution in [0, 0.1) is 46.3 Å².